The summed E-state index contributed by atoms with van der Waals surface area (Å²) in [4.78, 5) is 0. The van der Waals surface area contributed by atoms with Gasteiger partial charge in [0.25, 0.3) is 0 Å². The van der Waals surface area contributed by atoms with Crippen molar-refractivity contribution in [3.63, 3.8) is 0 Å². The first-order valence-corrected chi connectivity index (χ1v) is 7.74. The van der Waals surface area contributed by atoms with Crippen LogP contribution in [0.3, 0.4) is 0 Å². The van der Waals surface area contributed by atoms with Gasteiger partial charge in [-0.2, -0.15) is 0 Å². The molecule has 20 heavy (non-hydrogen) atoms. The van der Waals surface area contributed by atoms with E-state index in [2.05, 4.69) is 6.92 Å². The molecule has 1 fully saturated rings. The Hall–Kier alpha value is -1.22. The second-order valence-corrected chi connectivity index (χ2v) is 6.03. The van der Waals surface area contributed by atoms with E-state index < -0.39 is 0 Å². The van der Waals surface area contributed by atoms with Crippen LogP contribution in [0.1, 0.15) is 39.5 Å². The van der Waals surface area contributed by atoms with Gasteiger partial charge in [-0.1, -0.05) is 25.5 Å². The second kappa shape index (κ2) is 6.98. The molecule has 0 spiro atoms. The van der Waals surface area contributed by atoms with Crippen molar-refractivity contribution < 1.29 is 9.47 Å². The number of rotatable bonds is 7. The lowest BCUT2D eigenvalue weighted by atomic mass is 9.82. The van der Waals surface area contributed by atoms with Crippen LogP contribution in [-0.4, -0.2) is 19.8 Å². The van der Waals surface area contributed by atoms with E-state index in [1.165, 1.54) is 19.3 Å². The average Bonchev–Trinajstić information content (AvgIpc) is 2.83. The number of hydrogen-bond donors (Lipinski definition) is 1. The minimum atomic E-state index is 0.292. The Bertz CT molecular complexity index is 421. The molecule has 2 unspecified atom stereocenters. The summed E-state index contributed by atoms with van der Waals surface area (Å²) in [6, 6.07) is 7.87. The van der Waals surface area contributed by atoms with Gasteiger partial charge in [-0.3, -0.25) is 0 Å². The number of ether oxygens (including phenoxy) is 2. The Kier molecular flexibility index (Phi) is 5.30. The van der Waals surface area contributed by atoms with Gasteiger partial charge in [-0.15, -0.1) is 0 Å². The van der Waals surface area contributed by atoms with Crippen LogP contribution in [0.2, 0.25) is 0 Å². The van der Waals surface area contributed by atoms with Crippen molar-refractivity contribution in [2.75, 3.05) is 19.8 Å². The largest absolute Gasteiger partial charge is 0.490 e. The highest BCUT2D eigenvalue weighted by molar-refractivity contribution is 5.39. The van der Waals surface area contributed by atoms with E-state index >= 15 is 0 Å². The summed E-state index contributed by atoms with van der Waals surface area (Å²) < 4.78 is 11.5. The van der Waals surface area contributed by atoms with Crippen LogP contribution in [-0.2, 0) is 0 Å². The van der Waals surface area contributed by atoms with Crippen LogP contribution in [0.5, 0.6) is 11.5 Å². The van der Waals surface area contributed by atoms with E-state index in [0.29, 0.717) is 18.6 Å². The zero-order chi connectivity index (χ0) is 14.4. The molecule has 0 heterocycles. The molecule has 2 N–H and O–H groups in total. The van der Waals surface area contributed by atoms with Gasteiger partial charge in [0, 0.05) is 0 Å². The average molecular weight is 277 g/mol. The normalized spacial score (nSPS) is 25.6. The molecule has 3 nitrogen and oxygen atoms in total. The van der Waals surface area contributed by atoms with Crippen molar-refractivity contribution in [2.45, 2.75) is 39.5 Å². The fourth-order valence-electron chi connectivity index (χ4n) is 3.23. The minimum absolute atomic E-state index is 0.292. The van der Waals surface area contributed by atoms with E-state index in [1.54, 1.807) is 0 Å². The molecule has 1 aromatic carbocycles. The highest BCUT2D eigenvalue weighted by Crippen LogP contribution is 2.43. The molecule has 2 rings (SSSR count). The maximum atomic E-state index is 6.01. The highest BCUT2D eigenvalue weighted by atomic mass is 16.5. The summed E-state index contributed by atoms with van der Waals surface area (Å²) in [5.41, 5.74) is 6.30. The summed E-state index contributed by atoms with van der Waals surface area (Å²) >= 11 is 0. The van der Waals surface area contributed by atoms with E-state index in [4.69, 9.17) is 15.2 Å². The molecular formula is C17H27NO2. The molecule has 2 atom stereocenters. The summed E-state index contributed by atoms with van der Waals surface area (Å²) in [6.45, 7) is 6.45. The van der Waals surface area contributed by atoms with E-state index in [0.717, 1.165) is 30.4 Å². The van der Waals surface area contributed by atoms with Crippen molar-refractivity contribution in [2.24, 2.45) is 17.1 Å². The second-order valence-electron chi connectivity index (χ2n) is 6.03. The molecule has 0 bridgehead atoms. The monoisotopic (exact) mass is 277 g/mol. The first-order valence-electron chi connectivity index (χ1n) is 7.74. The molecular weight excluding hydrogens is 250 g/mol. The molecule has 0 aliphatic heterocycles. The van der Waals surface area contributed by atoms with E-state index in [1.807, 2.05) is 31.2 Å². The standard InChI is InChI=1S/C17H27NO2/c1-3-19-15-6-4-5-7-16(15)20-11-10-17(13-18)9-8-14(2)12-17/h4-7,14H,3,8-13,18H2,1-2H3. The molecule has 1 saturated carbocycles. The van der Waals surface area contributed by atoms with Crippen LogP contribution < -0.4 is 15.2 Å². The van der Waals surface area contributed by atoms with E-state index in [-0.39, 0.29) is 0 Å². The quantitative estimate of drug-likeness (QED) is 0.828. The fourth-order valence-corrected chi connectivity index (χ4v) is 3.23. The van der Waals surface area contributed by atoms with Gasteiger partial charge in [-0.05, 0) is 56.2 Å². The number of nitrogens with two attached hydrogens (primary N) is 1. The highest BCUT2D eigenvalue weighted by Gasteiger charge is 2.35. The topological polar surface area (TPSA) is 44.5 Å². The van der Waals surface area contributed by atoms with Gasteiger partial charge in [-0.25, -0.2) is 0 Å². The molecule has 0 radical (unpaired) electrons. The third-order valence-corrected chi connectivity index (χ3v) is 4.42. The SMILES string of the molecule is CCOc1ccccc1OCCC1(CN)CCC(C)C1. The molecule has 1 aliphatic carbocycles. The minimum Gasteiger partial charge on any atom is -0.490 e. The maximum Gasteiger partial charge on any atom is 0.161 e. The summed E-state index contributed by atoms with van der Waals surface area (Å²) in [5.74, 6) is 2.47. The van der Waals surface area contributed by atoms with Crippen LogP contribution in [0.4, 0.5) is 0 Å². The van der Waals surface area contributed by atoms with Crippen molar-refractivity contribution in [3.8, 4) is 11.5 Å². The molecule has 0 aromatic heterocycles. The maximum absolute atomic E-state index is 6.01. The smallest absolute Gasteiger partial charge is 0.161 e. The Morgan fingerprint density at radius 1 is 1.25 bits per heavy atom. The summed E-state index contributed by atoms with van der Waals surface area (Å²) in [5, 5.41) is 0. The van der Waals surface area contributed by atoms with Crippen LogP contribution in [0.25, 0.3) is 0 Å². The van der Waals surface area contributed by atoms with Gasteiger partial charge >= 0.3 is 0 Å². The van der Waals surface area contributed by atoms with Gasteiger partial charge < -0.3 is 15.2 Å². The fraction of sp³-hybridized carbons (Fsp3) is 0.647. The number of benzene rings is 1. The van der Waals surface area contributed by atoms with E-state index in [9.17, 15) is 0 Å². The lowest BCUT2D eigenvalue weighted by Crippen LogP contribution is -2.29. The number of para-hydroxylation sites is 2. The molecule has 112 valence electrons. The predicted octanol–water partition coefficient (Wildman–Crippen LogP) is 3.62. The van der Waals surface area contributed by atoms with Crippen molar-refractivity contribution >= 4 is 0 Å². The summed E-state index contributed by atoms with van der Waals surface area (Å²) in [6.07, 6.45) is 4.81. The van der Waals surface area contributed by atoms with Crippen LogP contribution in [0.15, 0.2) is 24.3 Å². The number of hydrogen-bond acceptors (Lipinski definition) is 3. The van der Waals surface area contributed by atoms with Crippen molar-refractivity contribution in [3.05, 3.63) is 24.3 Å². The molecule has 0 saturated heterocycles. The lowest BCUT2D eigenvalue weighted by Gasteiger charge is -2.27. The third-order valence-electron chi connectivity index (χ3n) is 4.42. The zero-order valence-electron chi connectivity index (χ0n) is 12.7. The first-order chi connectivity index (χ1) is 9.69. The molecule has 3 heteroatoms. The predicted molar refractivity (Wildman–Crippen MR) is 82.2 cm³/mol. The van der Waals surface area contributed by atoms with Crippen molar-refractivity contribution in [1.82, 2.24) is 0 Å². The van der Waals surface area contributed by atoms with Gasteiger partial charge in [0.1, 0.15) is 0 Å². The Balaban J connectivity index is 1.89. The van der Waals surface area contributed by atoms with Crippen LogP contribution >= 0.6 is 0 Å². The Morgan fingerprint density at radius 2 is 1.95 bits per heavy atom. The third kappa shape index (κ3) is 3.66. The molecule has 0 amide bonds. The van der Waals surface area contributed by atoms with Crippen LogP contribution in [0, 0.1) is 11.3 Å². The van der Waals surface area contributed by atoms with Gasteiger partial charge in [0.2, 0.25) is 0 Å². The Morgan fingerprint density at radius 3 is 2.50 bits per heavy atom. The first kappa shape index (κ1) is 15.2. The van der Waals surface area contributed by atoms with Gasteiger partial charge in [0.05, 0.1) is 13.2 Å². The summed E-state index contributed by atoms with van der Waals surface area (Å²) in [7, 11) is 0. The van der Waals surface area contributed by atoms with Gasteiger partial charge in [0.15, 0.2) is 11.5 Å². The zero-order valence-corrected chi connectivity index (χ0v) is 12.7. The molecule has 1 aromatic rings. The lowest BCUT2D eigenvalue weighted by molar-refractivity contribution is 0.194. The Labute approximate surface area is 122 Å². The molecule has 1 aliphatic rings. The van der Waals surface area contributed by atoms with Crippen molar-refractivity contribution in [1.29, 1.82) is 0 Å².